The molecule has 3 atom stereocenters. The van der Waals surface area contributed by atoms with Gasteiger partial charge in [-0.1, -0.05) is 26.2 Å². The summed E-state index contributed by atoms with van der Waals surface area (Å²) in [6.45, 7) is 4.62. The number of carbonyl (C=O) groups excluding carboxylic acids is 1. The van der Waals surface area contributed by atoms with Crippen molar-refractivity contribution in [2.75, 3.05) is 26.3 Å². The van der Waals surface area contributed by atoms with Crippen LogP contribution in [0.3, 0.4) is 0 Å². The molecule has 0 spiro atoms. The Balaban J connectivity index is 2.08. The summed E-state index contributed by atoms with van der Waals surface area (Å²) in [7, 11) is 0. The molecule has 0 bridgehead atoms. The molecule has 0 aromatic rings. The minimum absolute atomic E-state index is 0.0482. The smallest absolute Gasteiger partial charge is 0.239 e. The maximum absolute atomic E-state index is 12.4. The molecule has 21 heavy (non-hydrogen) atoms. The van der Waals surface area contributed by atoms with E-state index >= 15 is 0 Å². The monoisotopic (exact) mass is 293 g/mol. The number of rotatable bonds is 4. The molecule has 1 aliphatic heterocycles. The van der Waals surface area contributed by atoms with E-state index in [1.54, 1.807) is 0 Å². The third-order valence-corrected chi connectivity index (χ3v) is 4.59. The zero-order valence-electron chi connectivity index (χ0n) is 13.0. The molecule has 1 saturated carbocycles. The van der Waals surface area contributed by atoms with Crippen LogP contribution in [0.5, 0.6) is 0 Å². The van der Waals surface area contributed by atoms with Gasteiger partial charge in [-0.2, -0.15) is 5.26 Å². The highest BCUT2D eigenvalue weighted by atomic mass is 16.5. The predicted octanol–water partition coefficient (Wildman–Crippen LogP) is 1.69. The third-order valence-electron chi connectivity index (χ3n) is 4.59. The highest BCUT2D eigenvalue weighted by Gasteiger charge is 2.38. The summed E-state index contributed by atoms with van der Waals surface area (Å²) in [6, 6.07) is 2.45. The fourth-order valence-electron chi connectivity index (χ4n) is 3.44. The Hall–Kier alpha value is -1.12. The SMILES string of the molecule is CCCNC(=O)C1COCCN1C1CCCCCC1C#N. The molecule has 0 radical (unpaired) electrons. The van der Waals surface area contributed by atoms with Gasteiger partial charge < -0.3 is 10.1 Å². The van der Waals surface area contributed by atoms with E-state index in [0.717, 1.165) is 38.6 Å². The van der Waals surface area contributed by atoms with E-state index in [2.05, 4.69) is 16.3 Å². The molecule has 1 N–H and O–H groups in total. The molecule has 2 aliphatic rings. The standard InChI is InChI=1S/C16H27N3O2/c1-2-8-18-16(20)15-12-21-10-9-19(15)14-7-5-3-4-6-13(14)11-17/h13-15H,2-10,12H2,1H3,(H,18,20). The summed E-state index contributed by atoms with van der Waals surface area (Å²) < 4.78 is 5.52. The van der Waals surface area contributed by atoms with Crippen molar-refractivity contribution in [3.63, 3.8) is 0 Å². The number of nitriles is 1. The predicted molar refractivity (Wildman–Crippen MR) is 80.6 cm³/mol. The second kappa shape index (κ2) is 8.35. The minimum Gasteiger partial charge on any atom is -0.378 e. The van der Waals surface area contributed by atoms with Crippen molar-refractivity contribution in [2.24, 2.45) is 5.92 Å². The summed E-state index contributed by atoms with van der Waals surface area (Å²) in [4.78, 5) is 14.6. The molecule has 2 fully saturated rings. The Kier molecular flexibility index (Phi) is 6.47. The van der Waals surface area contributed by atoms with Gasteiger partial charge in [-0.3, -0.25) is 9.69 Å². The van der Waals surface area contributed by atoms with Crippen LogP contribution in [0.25, 0.3) is 0 Å². The first-order valence-electron chi connectivity index (χ1n) is 8.28. The molecule has 0 aromatic heterocycles. The van der Waals surface area contributed by atoms with Crippen LogP contribution in [0.1, 0.15) is 45.4 Å². The fourth-order valence-corrected chi connectivity index (χ4v) is 3.44. The van der Waals surface area contributed by atoms with Crippen LogP contribution in [0.15, 0.2) is 0 Å². The Bertz CT molecular complexity index is 380. The van der Waals surface area contributed by atoms with Gasteiger partial charge in [0, 0.05) is 19.1 Å². The topological polar surface area (TPSA) is 65.4 Å². The molecule has 0 aromatic carbocycles. The quantitative estimate of drug-likeness (QED) is 0.801. The largest absolute Gasteiger partial charge is 0.378 e. The zero-order valence-corrected chi connectivity index (χ0v) is 13.0. The Labute approximate surface area is 127 Å². The first-order chi connectivity index (χ1) is 10.3. The number of amides is 1. The lowest BCUT2D eigenvalue weighted by Gasteiger charge is -2.41. The highest BCUT2D eigenvalue weighted by molar-refractivity contribution is 5.82. The van der Waals surface area contributed by atoms with Gasteiger partial charge in [0.15, 0.2) is 0 Å². The number of carbonyl (C=O) groups is 1. The summed E-state index contributed by atoms with van der Waals surface area (Å²) in [5.41, 5.74) is 0. The number of morpholine rings is 1. The van der Waals surface area contributed by atoms with Gasteiger partial charge in [0.05, 0.1) is 25.2 Å². The van der Waals surface area contributed by atoms with E-state index in [9.17, 15) is 10.1 Å². The second-order valence-corrected chi connectivity index (χ2v) is 6.06. The number of hydrogen-bond acceptors (Lipinski definition) is 4. The van der Waals surface area contributed by atoms with Gasteiger partial charge in [0.1, 0.15) is 6.04 Å². The van der Waals surface area contributed by atoms with E-state index in [0.29, 0.717) is 19.8 Å². The van der Waals surface area contributed by atoms with E-state index in [-0.39, 0.29) is 23.9 Å². The fraction of sp³-hybridized carbons (Fsp3) is 0.875. The van der Waals surface area contributed by atoms with Gasteiger partial charge in [-0.15, -0.1) is 0 Å². The third kappa shape index (κ3) is 4.18. The van der Waals surface area contributed by atoms with Gasteiger partial charge in [0.25, 0.3) is 0 Å². The van der Waals surface area contributed by atoms with E-state index in [1.807, 2.05) is 6.92 Å². The highest BCUT2D eigenvalue weighted by Crippen LogP contribution is 2.29. The average Bonchev–Trinajstić information content (AvgIpc) is 2.77. The molecule has 5 heteroatoms. The second-order valence-electron chi connectivity index (χ2n) is 6.06. The first-order valence-corrected chi connectivity index (χ1v) is 8.28. The van der Waals surface area contributed by atoms with Crippen LogP contribution in [-0.2, 0) is 9.53 Å². The zero-order chi connectivity index (χ0) is 15.1. The van der Waals surface area contributed by atoms with Crippen LogP contribution < -0.4 is 5.32 Å². The van der Waals surface area contributed by atoms with Crippen molar-refractivity contribution in [2.45, 2.75) is 57.5 Å². The van der Waals surface area contributed by atoms with Crippen LogP contribution in [0, 0.1) is 17.2 Å². The molecule has 1 amide bonds. The summed E-state index contributed by atoms with van der Waals surface area (Å²) in [5, 5.41) is 12.5. The number of nitrogens with zero attached hydrogens (tertiary/aromatic N) is 2. The van der Waals surface area contributed by atoms with E-state index in [1.165, 1.54) is 6.42 Å². The van der Waals surface area contributed by atoms with Gasteiger partial charge >= 0.3 is 0 Å². The molecular formula is C16H27N3O2. The molecule has 1 aliphatic carbocycles. The number of hydrogen-bond donors (Lipinski definition) is 1. The molecule has 5 nitrogen and oxygen atoms in total. The molecule has 118 valence electrons. The van der Waals surface area contributed by atoms with E-state index < -0.39 is 0 Å². The van der Waals surface area contributed by atoms with Gasteiger partial charge in [-0.25, -0.2) is 0 Å². The van der Waals surface area contributed by atoms with Crippen molar-refractivity contribution in [3.05, 3.63) is 0 Å². The molecule has 3 unspecified atom stereocenters. The van der Waals surface area contributed by atoms with Crippen LogP contribution in [0.4, 0.5) is 0 Å². The van der Waals surface area contributed by atoms with Crippen molar-refractivity contribution in [1.29, 1.82) is 5.26 Å². The molecular weight excluding hydrogens is 266 g/mol. The van der Waals surface area contributed by atoms with Crippen LogP contribution in [0.2, 0.25) is 0 Å². The van der Waals surface area contributed by atoms with Gasteiger partial charge in [-0.05, 0) is 19.3 Å². The van der Waals surface area contributed by atoms with E-state index in [4.69, 9.17) is 4.74 Å². The number of ether oxygens (including phenoxy) is 1. The lowest BCUT2D eigenvalue weighted by molar-refractivity contribution is -0.135. The Morgan fingerprint density at radius 1 is 1.38 bits per heavy atom. The van der Waals surface area contributed by atoms with Crippen LogP contribution >= 0.6 is 0 Å². The first kappa shape index (κ1) is 16.3. The minimum atomic E-state index is -0.232. The molecule has 1 heterocycles. The maximum Gasteiger partial charge on any atom is 0.239 e. The summed E-state index contributed by atoms with van der Waals surface area (Å²) in [6.07, 6.45) is 6.40. The van der Waals surface area contributed by atoms with Crippen molar-refractivity contribution >= 4 is 5.91 Å². The number of nitrogens with one attached hydrogen (secondary N) is 1. The maximum atomic E-state index is 12.4. The van der Waals surface area contributed by atoms with Crippen molar-refractivity contribution in [1.82, 2.24) is 10.2 Å². The molecule has 1 saturated heterocycles. The lowest BCUT2D eigenvalue weighted by Crippen LogP contribution is -2.58. The summed E-state index contributed by atoms with van der Waals surface area (Å²) >= 11 is 0. The summed E-state index contributed by atoms with van der Waals surface area (Å²) in [5.74, 6) is 0.101. The Morgan fingerprint density at radius 3 is 2.95 bits per heavy atom. The normalized spacial score (nSPS) is 31.1. The lowest BCUT2D eigenvalue weighted by atomic mass is 9.93. The van der Waals surface area contributed by atoms with Crippen LogP contribution in [-0.4, -0.2) is 49.2 Å². The molecule has 2 rings (SSSR count). The van der Waals surface area contributed by atoms with Crippen molar-refractivity contribution < 1.29 is 9.53 Å². The average molecular weight is 293 g/mol. The van der Waals surface area contributed by atoms with Crippen molar-refractivity contribution in [3.8, 4) is 6.07 Å². The Morgan fingerprint density at radius 2 is 2.19 bits per heavy atom. The van der Waals surface area contributed by atoms with Gasteiger partial charge in [0.2, 0.25) is 5.91 Å².